The Hall–Kier alpha value is -5.36. The van der Waals surface area contributed by atoms with Crippen molar-refractivity contribution in [1.29, 1.82) is 0 Å². The molecule has 7 rings (SSSR count). The Labute approximate surface area is 229 Å². The van der Waals surface area contributed by atoms with E-state index < -0.39 is 0 Å². The number of hydrogen-bond donors (Lipinski definition) is 0. The second-order valence-corrected chi connectivity index (χ2v) is 9.59. The van der Waals surface area contributed by atoms with Gasteiger partial charge in [0.1, 0.15) is 24.7 Å². The van der Waals surface area contributed by atoms with Gasteiger partial charge in [-0.25, -0.2) is 0 Å². The van der Waals surface area contributed by atoms with Crippen LogP contribution in [0.5, 0.6) is 11.5 Å². The van der Waals surface area contributed by atoms with Crippen LogP contribution in [0, 0.1) is 0 Å². The zero-order chi connectivity index (χ0) is 27.1. The number of hydrogen-bond acceptors (Lipinski definition) is 6. The second-order valence-electron chi connectivity index (χ2n) is 9.59. The van der Waals surface area contributed by atoms with Gasteiger partial charge in [-0.3, -0.25) is 19.6 Å². The van der Waals surface area contributed by atoms with Crippen LogP contribution in [0.1, 0.15) is 32.1 Å². The van der Waals surface area contributed by atoms with Gasteiger partial charge in [-0.1, -0.05) is 60.7 Å². The highest BCUT2D eigenvalue weighted by Gasteiger charge is 2.26. The topological polar surface area (TPSA) is 78.4 Å². The maximum absolute atomic E-state index is 12.5. The number of rotatable bonds is 2. The zero-order valence-electron chi connectivity index (χ0n) is 21.3. The van der Waals surface area contributed by atoms with Crippen molar-refractivity contribution in [3.63, 3.8) is 0 Å². The Morgan fingerprint density at radius 1 is 0.575 bits per heavy atom. The van der Waals surface area contributed by atoms with Crippen molar-refractivity contribution in [1.82, 2.24) is 9.97 Å². The van der Waals surface area contributed by atoms with Gasteiger partial charge in [-0.15, -0.1) is 0 Å². The minimum Gasteiger partial charge on any atom is -0.486 e. The van der Waals surface area contributed by atoms with Crippen molar-refractivity contribution in [3.05, 3.63) is 120 Å². The summed E-state index contributed by atoms with van der Waals surface area (Å²) in [6.07, 6.45) is 5.06. The number of benzene rings is 4. The van der Waals surface area contributed by atoms with Gasteiger partial charge in [0.15, 0.2) is 12.6 Å². The Kier molecular flexibility index (Phi) is 5.78. The molecule has 0 bridgehead atoms. The third-order valence-electron chi connectivity index (χ3n) is 7.34. The molecule has 6 aromatic rings. The Balaban J connectivity index is 1.63. The van der Waals surface area contributed by atoms with Crippen LogP contribution in [-0.4, -0.2) is 22.5 Å². The van der Waals surface area contributed by atoms with Crippen molar-refractivity contribution < 1.29 is 19.1 Å². The lowest BCUT2D eigenvalue weighted by molar-refractivity contribution is 0.111. The lowest BCUT2D eigenvalue weighted by atomic mass is 9.89. The molecule has 192 valence electrons. The first-order valence-electron chi connectivity index (χ1n) is 12.9. The molecule has 1 aliphatic heterocycles. The zero-order valence-corrected chi connectivity index (χ0v) is 21.3. The van der Waals surface area contributed by atoms with Crippen LogP contribution in [0.25, 0.3) is 43.8 Å². The largest absolute Gasteiger partial charge is 0.486 e. The van der Waals surface area contributed by atoms with E-state index >= 15 is 0 Å². The van der Waals surface area contributed by atoms with Crippen LogP contribution in [-0.2, 0) is 13.2 Å². The maximum Gasteiger partial charge on any atom is 0.153 e. The van der Waals surface area contributed by atoms with Crippen molar-refractivity contribution in [3.8, 4) is 33.8 Å². The first-order valence-corrected chi connectivity index (χ1v) is 12.9. The third-order valence-corrected chi connectivity index (χ3v) is 7.34. The fourth-order valence-electron chi connectivity index (χ4n) is 5.56. The average Bonchev–Trinajstić information content (AvgIpc) is 3.01. The Morgan fingerprint density at radius 3 is 1.48 bits per heavy atom. The lowest BCUT2D eigenvalue weighted by Gasteiger charge is -2.23. The molecule has 0 fully saturated rings. The summed E-state index contributed by atoms with van der Waals surface area (Å²) in [4.78, 5) is 34.3. The summed E-state index contributed by atoms with van der Waals surface area (Å²) in [6, 6.07) is 27.0. The molecule has 1 aliphatic rings. The van der Waals surface area contributed by atoms with Gasteiger partial charge < -0.3 is 9.47 Å². The molecule has 0 saturated carbocycles. The summed E-state index contributed by atoms with van der Waals surface area (Å²) in [6.45, 7) is 0.246. The van der Waals surface area contributed by atoms with E-state index in [1.165, 1.54) is 0 Å². The number of fused-ring (bicyclic) bond motifs is 10. The molecule has 6 heteroatoms. The Morgan fingerprint density at radius 2 is 1.02 bits per heavy atom. The number of aldehydes is 2. The normalized spacial score (nSPS) is 12.4. The number of carbonyl (C=O) groups excluding carboxylic acids is 2. The molecule has 0 amide bonds. The van der Waals surface area contributed by atoms with E-state index in [-0.39, 0.29) is 13.2 Å². The van der Waals surface area contributed by atoms with Gasteiger partial charge in [0, 0.05) is 34.6 Å². The molecule has 2 aromatic heterocycles. The highest BCUT2D eigenvalue weighted by atomic mass is 16.5. The molecule has 0 radical (unpaired) electrons. The minimum atomic E-state index is 0.123. The van der Waals surface area contributed by atoms with E-state index in [0.29, 0.717) is 45.1 Å². The highest BCUT2D eigenvalue weighted by molar-refractivity contribution is 6.14. The summed E-state index contributed by atoms with van der Waals surface area (Å²) >= 11 is 0. The van der Waals surface area contributed by atoms with E-state index in [9.17, 15) is 9.59 Å². The van der Waals surface area contributed by atoms with E-state index in [1.807, 2.05) is 84.9 Å². The molecule has 0 N–H and O–H groups in total. The summed E-state index contributed by atoms with van der Waals surface area (Å²) in [5.41, 5.74) is 5.32. The predicted molar refractivity (Wildman–Crippen MR) is 154 cm³/mol. The van der Waals surface area contributed by atoms with Gasteiger partial charge >= 0.3 is 0 Å². The first-order chi connectivity index (χ1) is 19.8. The molecule has 3 heterocycles. The standard InChI is InChI=1S/C34H22N2O4/c37-17-23-15-21-7-1-3-9-25(21)31-32-26-10-4-2-8-22(26)16-24(18-38)34(32)40-20-30-28(12-6-14-36-30)27-11-5-13-35-29(27)19-39-33(23)31/h1-18H,19-20H2. The fourth-order valence-corrected chi connectivity index (χ4v) is 5.56. The maximum atomic E-state index is 12.5. The van der Waals surface area contributed by atoms with Crippen molar-refractivity contribution in [2.45, 2.75) is 13.2 Å². The number of nitrogens with zero attached hydrogens (tertiary/aromatic N) is 2. The quantitative estimate of drug-likeness (QED) is 0.224. The van der Waals surface area contributed by atoms with Crippen LogP contribution >= 0.6 is 0 Å². The van der Waals surface area contributed by atoms with Crippen LogP contribution < -0.4 is 9.47 Å². The smallest absolute Gasteiger partial charge is 0.153 e. The van der Waals surface area contributed by atoms with Crippen LogP contribution in [0.2, 0.25) is 0 Å². The number of pyridine rings is 2. The van der Waals surface area contributed by atoms with Crippen LogP contribution in [0.3, 0.4) is 0 Å². The molecule has 0 saturated heterocycles. The van der Waals surface area contributed by atoms with Crippen molar-refractivity contribution in [2.24, 2.45) is 0 Å². The highest BCUT2D eigenvalue weighted by Crippen LogP contribution is 2.48. The summed E-state index contributed by atoms with van der Waals surface area (Å²) < 4.78 is 13.1. The van der Waals surface area contributed by atoms with Crippen molar-refractivity contribution in [2.75, 3.05) is 0 Å². The minimum absolute atomic E-state index is 0.123. The first kappa shape index (κ1) is 23.7. The van der Waals surface area contributed by atoms with Crippen LogP contribution in [0.4, 0.5) is 0 Å². The van der Waals surface area contributed by atoms with E-state index in [1.54, 1.807) is 12.4 Å². The van der Waals surface area contributed by atoms with E-state index in [0.717, 1.165) is 45.2 Å². The average molecular weight is 523 g/mol. The number of carbonyl (C=O) groups is 2. The van der Waals surface area contributed by atoms with Gasteiger partial charge in [-0.05, 0) is 45.8 Å². The van der Waals surface area contributed by atoms with Crippen molar-refractivity contribution >= 4 is 34.1 Å². The molecule has 0 aliphatic carbocycles. The number of ether oxygens (including phenoxy) is 2. The second kappa shape index (κ2) is 9.75. The van der Waals surface area contributed by atoms with Gasteiger partial charge in [0.2, 0.25) is 0 Å². The molecule has 0 atom stereocenters. The summed E-state index contributed by atoms with van der Waals surface area (Å²) in [5.74, 6) is 0.825. The monoisotopic (exact) mass is 522 g/mol. The Bertz CT molecular complexity index is 1820. The lowest BCUT2D eigenvalue weighted by Crippen LogP contribution is -2.09. The molecular formula is C34H22N2O4. The van der Waals surface area contributed by atoms with Gasteiger partial charge in [0.05, 0.1) is 22.5 Å². The molecular weight excluding hydrogens is 500 g/mol. The summed E-state index contributed by atoms with van der Waals surface area (Å²) in [7, 11) is 0. The van der Waals surface area contributed by atoms with E-state index in [4.69, 9.17) is 9.47 Å². The van der Waals surface area contributed by atoms with Crippen LogP contribution in [0.15, 0.2) is 97.3 Å². The molecule has 4 aromatic carbocycles. The predicted octanol–water partition coefficient (Wildman–Crippen LogP) is 7.21. The number of aromatic nitrogens is 2. The van der Waals surface area contributed by atoms with Gasteiger partial charge in [-0.2, -0.15) is 0 Å². The SMILES string of the molecule is O=Cc1cc2ccccc2c2c1OCc1ncccc1-c1cccnc1COc1c(C=O)cc3ccccc3c1-2. The molecule has 0 spiro atoms. The molecule has 40 heavy (non-hydrogen) atoms. The summed E-state index contributed by atoms with van der Waals surface area (Å²) in [5, 5.41) is 3.49. The van der Waals surface area contributed by atoms with E-state index in [2.05, 4.69) is 9.97 Å². The van der Waals surface area contributed by atoms with Gasteiger partial charge in [0.25, 0.3) is 0 Å². The molecule has 0 unspecified atom stereocenters. The molecule has 6 nitrogen and oxygen atoms in total. The fraction of sp³-hybridized carbons (Fsp3) is 0.0588. The third kappa shape index (κ3) is 3.81.